The van der Waals surface area contributed by atoms with Crippen LogP contribution in [0.2, 0.25) is 0 Å². The maximum Gasteiger partial charge on any atom is 0.252 e. The lowest BCUT2D eigenvalue weighted by Gasteiger charge is -2.32. The fraction of sp³-hybridized carbons (Fsp3) is 0.0500. The van der Waals surface area contributed by atoms with E-state index in [1.807, 2.05) is 72.8 Å². The van der Waals surface area contributed by atoms with Gasteiger partial charge >= 0.3 is 0 Å². The zero-order chi connectivity index (χ0) is 18.7. The molecule has 1 N–H and O–H groups in total. The molecule has 3 aromatic rings. The summed E-state index contributed by atoms with van der Waals surface area (Å²) in [4.78, 5) is 12.8. The first kappa shape index (κ1) is 15.0. The average molecular weight is 367 g/mol. The molecule has 0 fully saturated rings. The molecule has 3 aliphatic rings. The molecule has 3 aliphatic heterocycles. The fourth-order valence-corrected chi connectivity index (χ4v) is 3.87. The van der Waals surface area contributed by atoms with Crippen molar-refractivity contribution in [3.8, 4) is 0 Å². The monoisotopic (exact) mass is 367 g/mol. The Bertz CT molecular complexity index is 1090. The SMILES string of the molecule is O=C1NC(c2ccc(N3N=N3)cc2)(c2ccc(N3N=N3)cc2)c2ccccc21. The average Bonchev–Trinajstić information content (AvgIpc) is 3.66. The lowest BCUT2D eigenvalue weighted by molar-refractivity contribution is 0.0948. The molecule has 134 valence electrons. The molecule has 0 atom stereocenters. The lowest BCUT2D eigenvalue weighted by atomic mass is 9.78. The van der Waals surface area contributed by atoms with E-state index in [0.29, 0.717) is 5.56 Å². The molecule has 0 aliphatic carbocycles. The zero-order valence-corrected chi connectivity index (χ0v) is 14.5. The van der Waals surface area contributed by atoms with Gasteiger partial charge in [0.2, 0.25) is 0 Å². The van der Waals surface area contributed by atoms with E-state index in [2.05, 4.69) is 26.2 Å². The van der Waals surface area contributed by atoms with Crippen LogP contribution in [0, 0.1) is 0 Å². The topological polar surface area (TPSA) is 84.6 Å². The molecule has 8 nitrogen and oxygen atoms in total. The van der Waals surface area contributed by atoms with E-state index >= 15 is 0 Å². The summed E-state index contributed by atoms with van der Waals surface area (Å²) in [6.07, 6.45) is 0. The Morgan fingerprint density at radius 3 is 1.68 bits per heavy atom. The third-order valence-corrected chi connectivity index (χ3v) is 5.30. The number of rotatable bonds is 4. The minimum atomic E-state index is -0.773. The minimum Gasteiger partial charge on any atom is -0.334 e. The molecule has 0 unspecified atom stereocenters. The summed E-state index contributed by atoms with van der Waals surface area (Å²) in [7, 11) is 0. The third kappa shape index (κ3) is 2.08. The number of nitrogens with zero attached hydrogens (tertiary/aromatic N) is 6. The van der Waals surface area contributed by atoms with Crippen molar-refractivity contribution in [1.29, 1.82) is 0 Å². The highest BCUT2D eigenvalue weighted by molar-refractivity contribution is 6.01. The van der Waals surface area contributed by atoms with Crippen molar-refractivity contribution >= 4 is 17.3 Å². The predicted molar refractivity (Wildman–Crippen MR) is 101 cm³/mol. The van der Waals surface area contributed by atoms with Crippen molar-refractivity contribution in [2.45, 2.75) is 5.54 Å². The van der Waals surface area contributed by atoms with Gasteiger partial charge in [0, 0.05) is 5.56 Å². The van der Waals surface area contributed by atoms with Gasteiger partial charge in [-0.2, -0.15) is 0 Å². The van der Waals surface area contributed by atoms with E-state index < -0.39 is 5.54 Å². The van der Waals surface area contributed by atoms with Crippen LogP contribution in [0.3, 0.4) is 0 Å². The molecular weight excluding hydrogens is 354 g/mol. The molecule has 28 heavy (non-hydrogen) atoms. The van der Waals surface area contributed by atoms with Gasteiger partial charge in [-0.3, -0.25) is 4.79 Å². The van der Waals surface area contributed by atoms with Gasteiger partial charge in [-0.05, 0) is 67.9 Å². The van der Waals surface area contributed by atoms with Crippen molar-refractivity contribution < 1.29 is 4.79 Å². The first-order chi connectivity index (χ1) is 13.8. The van der Waals surface area contributed by atoms with Gasteiger partial charge in [-0.1, -0.05) is 42.5 Å². The van der Waals surface area contributed by atoms with E-state index in [9.17, 15) is 4.79 Å². The van der Waals surface area contributed by atoms with Gasteiger partial charge in [0.25, 0.3) is 5.91 Å². The van der Waals surface area contributed by atoms with Crippen molar-refractivity contribution in [2.75, 3.05) is 10.2 Å². The second kappa shape index (κ2) is 5.23. The Labute approximate surface area is 159 Å². The number of hydrogen-bond donors (Lipinski definition) is 1. The van der Waals surface area contributed by atoms with Crippen molar-refractivity contribution in [3.63, 3.8) is 0 Å². The molecule has 6 rings (SSSR count). The predicted octanol–water partition coefficient (Wildman–Crippen LogP) is 3.93. The molecule has 0 saturated heterocycles. The fourth-order valence-electron chi connectivity index (χ4n) is 3.87. The Balaban J connectivity index is 1.53. The Morgan fingerprint density at radius 1 is 0.679 bits per heavy atom. The lowest BCUT2D eigenvalue weighted by Crippen LogP contribution is -2.41. The van der Waals surface area contributed by atoms with Gasteiger partial charge in [-0.25, -0.2) is 0 Å². The third-order valence-electron chi connectivity index (χ3n) is 5.30. The van der Waals surface area contributed by atoms with Crippen LogP contribution in [0.25, 0.3) is 0 Å². The number of carbonyl (C=O) groups is 1. The Hall–Kier alpha value is -4.07. The second-order valence-electron chi connectivity index (χ2n) is 6.78. The second-order valence-corrected chi connectivity index (χ2v) is 6.78. The summed E-state index contributed by atoms with van der Waals surface area (Å²) in [6.45, 7) is 0. The standard InChI is InChI=1S/C20H13N7O/c28-19-17-3-1-2-4-18(17)20(21-19,13-5-9-15(10-6-13)26-22-23-26)14-7-11-16(12-8-14)27-24-25-27/h1-12H,(H,21,28). The summed E-state index contributed by atoms with van der Waals surface area (Å²) in [5.41, 5.74) is 4.54. The van der Waals surface area contributed by atoms with Gasteiger partial charge in [-0.15, -0.1) is 10.2 Å². The summed E-state index contributed by atoms with van der Waals surface area (Å²) >= 11 is 0. The largest absolute Gasteiger partial charge is 0.334 e. The Morgan fingerprint density at radius 2 is 1.18 bits per heavy atom. The number of fused-ring (bicyclic) bond motifs is 1. The highest BCUT2D eigenvalue weighted by Gasteiger charge is 2.45. The van der Waals surface area contributed by atoms with Crippen LogP contribution in [0.1, 0.15) is 27.0 Å². The molecule has 3 aromatic carbocycles. The molecule has 0 radical (unpaired) electrons. The zero-order valence-electron chi connectivity index (χ0n) is 14.5. The molecule has 8 heteroatoms. The van der Waals surface area contributed by atoms with Crippen LogP contribution >= 0.6 is 0 Å². The summed E-state index contributed by atoms with van der Waals surface area (Å²) in [6, 6.07) is 23.5. The number of nitrogens with one attached hydrogen (secondary N) is 1. The normalized spacial score (nSPS) is 17.5. The van der Waals surface area contributed by atoms with Crippen molar-refractivity contribution in [1.82, 2.24) is 5.32 Å². The van der Waals surface area contributed by atoms with E-state index in [1.54, 1.807) is 10.2 Å². The maximum absolute atomic E-state index is 12.8. The van der Waals surface area contributed by atoms with Gasteiger partial charge in [0.15, 0.2) is 0 Å². The number of hydrogen-bond acceptors (Lipinski definition) is 7. The highest BCUT2D eigenvalue weighted by Crippen LogP contribution is 2.43. The molecule has 3 heterocycles. The van der Waals surface area contributed by atoms with Crippen molar-refractivity contribution in [2.24, 2.45) is 20.9 Å². The molecule has 0 aromatic heterocycles. The van der Waals surface area contributed by atoms with E-state index in [4.69, 9.17) is 0 Å². The van der Waals surface area contributed by atoms with Gasteiger partial charge in [0.1, 0.15) is 5.54 Å². The van der Waals surface area contributed by atoms with Crippen LogP contribution < -0.4 is 15.6 Å². The molecule has 0 saturated carbocycles. The quantitative estimate of drug-likeness (QED) is 0.758. The number of benzene rings is 3. The van der Waals surface area contributed by atoms with E-state index in [1.165, 1.54) is 0 Å². The number of carbonyl (C=O) groups excluding carboxylic acids is 1. The van der Waals surface area contributed by atoms with E-state index in [-0.39, 0.29) is 5.91 Å². The summed E-state index contributed by atoms with van der Waals surface area (Å²) < 4.78 is 0. The van der Waals surface area contributed by atoms with Crippen LogP contribution in [0.15, 0.2) is 93.7 Å². The first-order valence-electron chi connectivity index (χ1n) is 8.82. The summed E-state index contributed by atoms with van der Waals surface area (Å²) in [5, 5.41) is 21.6. The Kier molecular flexibility index (Phi) is 2.81. The number of amides is 1. The van der Waals surface area contributed by atoms with Crippen LogP contribution in [0.5, 0.6) is 0 Å². The number of anilines is 2. The van der Waals surface area contributed by atoms with Gasteiger partial charge < -0.3 is 5.32 Å². The van der Waals surface area contributed by atoms with Gasteiger partial charge in [0.05, 0.1) is 11.4 Å². The first-order valence-corrected chi connectivity index (χ1v) is 8.82. The van der Waals surface area contributed by atoms with Crippen LogP contribution in [0.4, 0.5) is 11.4 Å². The van der Waals surface area contributed by atoms with Crippen LogP contribution in [-0.4, -0.2) is 5.91 Å². The molecule has 0 spiro atoms. The molecule has 0 bridgehead atoms. The van der Waals surface area contributed by atoms with Crippen LogP contribution in [-0.2, 0) is 5.54 Å². The molecular formula is C20H13N7O. The minimum absolute atomic E-state index is 0.0874. The van der Waals surface area contributed by atoms with E-state index in [0.717, 1.165) is 28.1 Å². The van der Waals surface area contributed by atoms with Crippen molar-refractivity contribution in [3.05, 3.63) is 95.1 Å². The summed E-state index contributed by atoms with van der Waals surface area (Å²) in [5.74, 6) is -0.0874. The highest BCUT2D eigenvalue weighted by atomic mass is 16.2. The smallest absolute Gasteiger partial charge is 0.252 e. The maximum atomic E-state index is 12.8. The molecule has 1 amide bonds.